The first-order valence-corrected chi connectivity index (χ1v) is 20.3. The number of nitrogens with one attached hydrogen (secondary N) is 3. The number of hydrogen-bond donors (Lipinski definition) is 4. The van der Waals surface area contributed by atoms with Crippen molar-refractivity contribution in [1.29, 1.82) is 0 Å². The van der Waals surface area contributed by atoms with Gasteiger partial charge in [-0.2, -0.15) is 0 Å². The maximum Gasteiger partial charge on any atom is 0.220 e. The lowest BCUT2D eigenvalue weighted by atomic mass is 10.00. The van der Waals surface area contributed by atoms with Crippen molar-refractivity contribution >= 4 is 72.1 Å². The highest BCUT2D eigenvalue weighted by molar-refractivity contribution is 7.89. The molecule has 15 heteroatoms. The summed E-state index contributed by atoms with van der Waals surface area (Å²) >= 11 is 15.9. The number of methoxy groups -OCH3 is 1. The second kappa shape index (κ2) is 15.7. The van der Waals surface area contributed by atoms with Crippen LogP contribution in [0.1, 0.15) is 36.1 Å². The Morgan fingerprint density at radius 1 is 1.02 bits per heavy atom. The maximum atomic E-state index is 11.8. The average molecular weight is 781 g/mol. The molecule has 1 atom stereocenters. The number of ether oxygens (including phenoxy) is 1. The Labute approximate surface area is 316 Å². The number of carbonyl (C=O) groups is 1. The van der Waals surface area contributed by atoms with Crippen LogP contribution in [0, 0.1) is 0 Å². The molecule has 2 aliphatic rings. The molecule has 1 amide bonds. The summed E-state index contributed by atoms with van der Waals surface area (Å²) < 4.78 is 30.3. The van der Waals surface area contributed by atoms with Crippen LogP contribution in [-0.4, -0.2) is 67.2 Å². The van der Waals surface area contributed by atoms with Crippen molar-refractivity contribution in [2.45, 2.75) is 50.1 Å². The van der Waals surface area contributed by atoms with E-state index in [9.17, 15) is 13.2 Å². The molecule has 11 nitrogen and oxygen atoms in total. The molecule has 2 aromatic carbocycles. The van der Waals surface area contributed by atoms with Gasteiger partial charge >= 0.3 is 0 Å². The highest BCUT2D eigenvalue weighted by Gasteiger charge is 2.27. The van der Waals surface area contributed by atoms with Crippen LogP contribution in [0.25, 0.3) is 32.5 Å². The van der Waals surface area contributed by atoms with Crippen molar-refractivity contribution in [3.05, 3.63) is 87.3 Å². The molecule has 3 aromatic heterocycles. The number of thiophene rings is 1. The zero-order chi connectivity index (χ0) is 36.4. The number of pyridine rings is 2. The molecule has 0 bridgehead atoms. The quantitative estimate of drug-likeness (QED) is 0.108. The lowest BCUT2D eigenvalue weighted by molar-refractivity contribution is -0.119. The van der Waals surface area contributed by atoms with Crippen molar-refractivity contribution < 1.29 is 17.9 Å². The van der Waals surface area contributed by atoms with E-state index in [-0.39, 0.29) is 11.9 Å². The minimum atomic E-state index is -3.51. The number of fused-ring (bicyclic) bond motifs is 1. The van der Waals surface area contributed by atoms with Crippen LogP contribution < -0.4 is 25.8 Å². The van der Waals surface area contributed by atoms with Gasteiger partial charge in [0.05, 0.1) is 33.8 Å². The van der Waals surface area contributed by atoms with Gasteiger partial charge in [-0.25, -0.2) is 23.5 Å². The largest absolute Gasteiger partial charge is 0.481 e. The van der Waals surface area contributed by atoms with Gasteiger partial charge in [0.1, 0.15) is 5.82 Å². The number of nitrogens with zero attached hydrogens (tertiary/aromatic N) is 3. The monoisotopic (exact) mass is 779 g/mol. The van der Waals surface area contributed by atoms with Gasteiger partial charge in [-0.15, -0.1) is 11.3 Å². The molecule has 5 aromatic rings. The summed E-state index contributed by atoms with van der Waals surface area (Å²) in [6.07, 6.45) is 4.25. The summed E-state index contributed by atoms with van der Waals surface area (Å²) in [6, 6.07) is 19.7. The maximum absolute atomic E-state index is 11.8. The molecule has 5 heterocycles. The third-order valence-electron chi connectivity index (χ3n) is 9.62. The zero-order valence-electron chi connectivity index (χ0n) is 28.5. The SMILES string of the molecule is COc1nc(-c2cccc(-c3cccc(Nc4nccc5sc(CN6CCC(S(N)(=O)=O)CC6)cc45)c3Cl)c2Cl)ccc1CNC[C@@H]1CCC(=O)N1. The highest BCUT2D eigenvalue weighted by atomic mass is 35.5. The van der Waals surface area contributed by atoms with Crippen LogP contribution in [0.5, 0.6) is 5.88 Å². The van der Waals surface area contributed by atoms with Gasteiger partial charge in [-0.3, -0.25) is 9.69 Å². The summed E-state index contributed by atoms with van der Waals surface area (Å²) in [5.74, 6) is 1.28. The van der Waals surface area contributed by atoms with Crippen molar-refractivity contribution in [2.24, 2.45) is 5.14 Å². The molecule has 2 fully saturated rings. The molecule has 7 rings (SSSR count). The molecule has 2 aliphatic heterocycles. The number of halogens is 2. The molecule has 0 saturated carbocycles. The molecule has 272 valence electrons. The van der Waals surface area contributed by atoms with Gasteiger partial charge in [0.15, 0.2) is 0 Å². The van der Waals surface area contributed by atoms with Gasteiger partial charge in [-0.05, 0) is 56.6 Å². The van der Waals surface area contributed by atoms with E-state index in [0.29, 0.717) is 78.6 Å². The van der Waals surface area contributed by atoms with Crippen molar-refractivity contribution in [3.8, 4) is 28.3 Å². The number of primary sulfonamides is 1. The lowest BCUT2D eigenvalue weighted by Crippen LogP contribution is -2.41. The topological polar surface area (TPSA) is 152 Å². The summed E-state index contributed by atoms with van der Waals surface area (Å²) in [7, 11) is -1.91. The van der Waals surface area contributed by atoms with Crippen LogP contribution in [-0.2, 0) is 27.9 Å². The zero-order valence-corrected chi connectivity index (χ0v) is 31.6. The molecule has 0 spiro atoms. The van der Waals surface area contributed by atoms with Crippen LogP contribution in [0.15, 0.2) is 66.9 Å². The number of aromatic nitrogens is 2. The second-order valence-electron chi connectivity index (χ2n) is 13.1. The van der Waals surface area contributed by atoms with E-state index in [1.165, 1.54) is 0 Å². The van der Waals surface area contributed by atoms with Crippen molar-refractivity contribution in [1.82, 2.24) is 25.5 Å². The van der Waals surface area contributed by atoms with Crippen LogP contribution in [0.3, 0.4) is 0 Å². The minimum Gasteiger partial charge on any atom is -0.481 e. The number of amides is 1. The first-order valence-electron chi connectivity index (χ1n) is 17.1. The smallest absolute Gasteiger partial charge is 0.220 e. The Morgan fingerprint density at radius 3 is 2.50 bits per heavy atom. The van der Waals surface area contributed by atoms with E-state index in [0.717, 1.165) is 50.2 Å². The third kappa shape index (κ3) is 8.05. The van der Waals surface area contributed by atoms with E-state index in [1.54, 1.807) is 24.6 Å². The number of anilines is 2. The van der Waals surface area contributed by atoms with Gasteiger partial charge in [0, 0.05) is 75.5 Å². The van der Waals surface area contributed by atoms with Gasteiger partial charge in [0.25, 0.3) is 0 Å². The van der Waals surface area contributed by atoms with Crippen LogP contribution >= 0.6 is 34.5 Å². The van der Waals surface area contributed by atoms with Crippen LogP contribution in [0.4, 0.5) is 11.5 Å². The first-order chi connectivity index (χ1) is 25.1. The highest BCUT2D eigenvalue weighted by Crippen LogP contribution is 2.42. The van der Waals surface area contributed by atoms with E-state index in [2.05, 4.69) is 31.9 Å². The Kier molecular flexibility index (Phi) is 11.0. The molecule has 0 unspecified atom stereocenters. The van der Waals surface area contributed by atoms with Gasteiger partial charge < -0.3 is 20.7 Å². The summed E-state index contributed by atoms with van der Waals surface area (Å²) in [5.41, 5.74) is 4.51. The van der Waals surface area contributed by atoms with Crippen molar-refractivity contribution in [3.63, 3.8) is 0 Å². The Balaban J connectivity index is 1.08. The summed E-state index contributed by atoms with van der Waals surface area (Å²) in [6.45, 7) is 3.30. The molecule has 0 aliphatic carbocycles. The van der Waals surface area contributed by atoms with E-state index >= 15 is 0 Å². The molecule has 0 radical (unpaired) electrons. The molecular weight excluding hydrogens is 741 g/mol. The fourth-order valence-corrected chi connectivity index (χ4v) is 9.42. The average Bonchev–Trinajstić information content (AvgIpc) is 3.75. The summed E-state index contributed by atoms with van der Waals surface area (Å²) in [5, 5.41) is 16.7. The number of sulfonamides is 1. The molecular formula is C37H39Cl2N7O4S2. The fraction of sp³-hybridized carbons (Fsp3) is 0.324. The predicted molar refractivity (Wildman–Crippen MR) is 209 cm³/mol. The number of benzene rings is 2. The number of carbonyl (C=O) groups excluding carboxylic acids is 1. The van der Waals surface area contributed by atoms with Crippen molar-refractivity contribution in [2.75, 3.05) is 32.1 Å². The van der Waals surface area contributed by atoms with Gasteiger partial charge in [0.2, 0.25) is 21.8 Å². The number of nitrogens with two attached hydrogens (primary N) is 1. The fourth-order valence-electron chi connectivity index (χ4n) is 6.85. The number of piperidine rings is 1. The Hall–Kier alpha value is -3.82. The molecule has 2 saturated heterocycles. The minimum absolute atomic E-state index is 0.0946. The Bertz CT molecular complexity index is 2230. The van der Waals surface area contributed by atoms with E-state index in [1.807, 2.05) is 54.6 Å². The molecule has 5 N–H and O–H groups in total. The van der Waals surface area contributed by atoms with E-state index < -0.39 is 15.3 Å². The summed E-state index contributed by atoms with van der Waals surface area (Å²) in [4.78, 5) is 24.4. The third-order valence-corrected chi connectivity index (χ3v) is 12.9. The lowest BCUT2D eigenvalue weighted by Gasteiger charge is -2.30. The number of rotatable bonds is 12. The second-order valence-corrected chi connectivity index (χ2v) is 16.9. The first kappa shape index (κ1) is 36.5. The standard InChI is InChI=1S/C37H39Cl2N7O4S2/c1-50-37-22(19-41-20-23-9-11-33(47)43-23)8-10-30(45-37)28-6-2-4-26(34(28)38)27-5-3-7-31(35(27)39)44-36-29-18-24(51-32(29)12-15-42-36)21-46-16-13-25(14-17-46)52(40,48)49/h2-8,10,12,15,18,23,25,41H,9,11,13-14,16-17,19-21H2,1H3,(H,42,44)(H,43,47)(H2,40,48,49)/t23-/m0/s1. The predicted octanol–water partition coefficient (Wildman–Crippen LogP) is 6.71. The van der Waals surface area contributed by atoms with Crippen LogP contribution in [0.2, 0.25) is 10.0 Å². The number of likely N-dealkylation sites (tertiary alicyclic amines) is 1. The molecule has 52 heavy (non-hydrogen) atoms. The Morgan fingerprint density at radius 2 is 1.77 bits per heavy atom. The number of hydrogen-bond acceptors (Lipinski definition) is 10. The van der Waals surface area contributed by atoms with Gasteiger partial charge in [-0.1, -0.05) is 59.6 Å². The van der Waals surface area contributed by atoms with E-state index in [4.69, 9.17) is 38.1 Å². The normalized spacial score (nSPS) is 17.1.